The van der Waals surface area contributed by atoms with Gasteiger partial charge in [-0.15, -0.1) is 0 Å². The van der Waals surface area contributed by atoms with E-state index in [0.717, 1.165) is 14.5 Å². The molecule has 0 saturated carbocycles. The molecule has 0 spiro atoms. The molecule has 2 aromatic carbocycles. The van der Waals surface area contributed by atoms with Crippen molar-refractivity contribution in [2.24, 2.45) is 5.10 Å². The second-order valence-corrected chi connectivity index (χ2v) is 7.26. The highest BCUT2D eigenvalue weighted by Gasteiger charge is 2.09. The molecule has 1 heterocycles. The Morgan fingerprint density at radius 3 is 2.65 bits per heavy atom. The van der Waals surface area contributed by atoms with Crippen molar-refractivity contribution in [3.8, 4) is 5.75 Å². The number of nitrogens with zero attached hydrogens (tertiary/aromatic N) is 3. The number of carbonyl (C=O) groups excluding carboxylic acids is 1. The van der Waals surface area contributed by atoms with E-state index in [2.05, 4.69) is 47.5 Å². The normalized spacial score (nSPS) is 11.0. The van der Waals surface area contributed by atoms with Crippen LogP contribution in [0.3, 0.4) is 0 Å². The van der Waals surface area contributed by atoms with Gasteiger partial charge in [-0.3, -0.25) is 9.48 Å². The van der Waals surface area contributed by atoms with Crippen molar-refractivity contribution in [2.75, 3.05) is 0 Å². The van der Waals surface area contributed by atoms with E-state index in [1.54, 1.807) is 29.1 Å². The summed E-state index contributed by atoms with van der Waals surface area (Å²) in [5, 5.41) is 17.8. The first-order valence-corrected chi connectivity index (χ1v) is 9.20. The molecule has 6 nitrogen and oxygen atoms in total. The number of rotatable bonds is 5. The lowest BCUT2D eigenvalue weighted by Gasteiger charge is -2.02. The molecule has 0 saturated heterocycles. The number of benzene rings is 2. The van der Waals surface area contributed by atoms with Crippen LogP contribution in [0.4, 0.5) is 0 Å². The fourth-order valence-corrected chi connectivity index (χ4v) is 2.84. The predicted molar refractivity (Wildman–Crippen MR) is 106 cm³/mol. The first-order valence-electron chi connectivity index (χ1n) is 7.61. The van der Waals surface area contributed by atoms with E-state index < -0.39 is 5.91 Å². The molecule has 0 unspecified atom stereocenters. The first-order chi connectivity index (χ1) is 12.5. The average molecular weight is 478 g/mol. The van der Waals surface area contributed by atoms with E-state index in [9.17, 15) is 9.90 Å². The van der Waals surface area contributed by atoms with Gasteiger partial charge in [0.05, 0.1) is 12.8 Å². The van der Waals surface area contributed by atoms with E-state index in [1.165, 1.54) is 12.3 Å². The highest BCUT2D eigenvalue weighted by molar-refractivity contribution is 9.10. The molecule has 1 aromatic heterocycles. The minimum atomic E-state index is -0.426. The summed E-state index contributed by atoms with van der Waals surface area (Å²) in [7, 11) is 0. The van der Waals surface area contributed by atoms with Gasteiger partial charge in [-0.2, -0.15) is 10.2 Å². The number of hydrogen-bond acceptors (Lipinski definition) is 4. The standard InChI is InChI=1S/C18H14Br2N4O2/c19-14-3-1-12(2-4-14)11-24-8-7-16(23-24)18(26)22-21-10-13-9-15(20)5-6-17(13)25/h1-10,25H,11H2,(H,22,26)/b21-10-. The molecule has 0 atom stereocenters. The third-order valence-corrected chi connectivity index (χ3v) is 4.51. The number of amides is 1. The van der Waals surface area contributed by atoms with Crippen LogP contribution < -0.4 is 5.43 Å². The molecule has 0 aliphatic heterocycles. The van der Waals surface area contributed by atoms with Gasteiger partial charge in [0.25, 0.3) is 5.91 Å². The van der Waals surface area contributed by atoms with Gasteiger partial charge in [0.2, 0.25) is 0 Å². The van der Waals surface area contributed by atoms with Gasteiger partial charge in [-0.25, -0.2) is 5.43 Å². The molecule has 0 aliphatic carbocycles. The molecule has 0 bridgehead atoms. The molecule has 26 heavy (non-hydrogen) atoms. The van der Waals surface area contributed by atoms with E-state index in [1.807, 2.05) is 24.3 Å². The maximum atomic E-state index is 12.1. The lowest BCUT2D eigenvalue weighted by molar-refractivity contribution is 0.0949. The number of aromatic nitrogens is 2. The SMILES string of the molecule is O=C(N/N=C\c1cc(Br)ccc1O)c1ccn(Cc2ccc(Br)cc2)n1. The topological polar surface area (TPSA) is 79.5 Å². The Bertz CT molecular complexity index is 952. The van der Waals surface area contributed by atoms with Crippen LogP contribution in [0.2, 0.25) is 0 Å². The zero-order valence-electron chi connectivity index (χ0n) is 13.4. The monoisotopic (exact) mass is 476 g/mol. The molecule has 0 radical (unpaired) electrons. The number of hydrazone groups is 1. The average Bonchev–Trinajstić information content (AvgIpc) is 3.08. The molecule has 2 N–H and O–H groups in total. The summed E-state index contributed by atoms with van der Waals surface area (Å²) < 4.78 is 3.49. The van der Waals surface area contributed by atoms with Gasteiger partial charge in [0, 0.05) is 20.7 Å². The van der Waals surface area contributed by atoms with Crippen LogP contribution in [-0.2, 0) is 6.54 Å². The highest BCUT2D eigenvalue weighted by atomic mass is 79.9. The maximum Gasteiger partial charge on any atom is 0.291 e. The van der Waals surface area contributed by atoms with Gasteiger partial charge < -0.3 is 5.11 Å². The van der Waals surface area contributed by atoms with Crippen molar-refractivity contribution >= 4 is 44.0 Å². The van der Waals surface area contributed by atoms with Crippen LogP contribution >= 0.6 is 31.9 Å². The van der Waals surface area contributed by atoms with Gasteiger partial charge in [0.1, 0.15) is 5.75 Å². The fourth-order valence-electron chi connectivity index (χ4n) is 2.19. The summed E-state index contributed by atoms with van der Waals surface area (Å²) in [5.74, 6) is -0.352. The molecule has 1 amide bonds. The fraction of sp³-hybridized carbons (Fsp3) is 0.0556. The van der Waals surface area contributed by atoms with E-state index >= 15 is 0 Å². The first kappa shape index (κ1) is 18.3. The van der Waals surface area contributed by atoms with Crippen molar-refractivity contribution in [3.63, 3.8) is 0 Å². The number of phenols is 1. The van der Waals surface area contributed by atoms with E-state index in [-0.39, 0.29) is 11.4 Å². The quantitative estimate of drug-likeness (QED) is 0.431. The van der Waals surface area contributed by atoms with Gasteiger partial charge >= 0.3 is 0 Å². The molecule has 3 aromatic rings. The summed E-state index contributed by atoms with van der Waals surface area (Å²) in [6, 6.07) is 14.5. The molecule has 132 valence electrons. The van der Waals surface area contributed by atoms with Crippen LogP contribution in [0.15, 0.2) is 68.8 Å². The summed E-state index contributed by atoms with van der Waals surface area (Å²) >= 11 is 6.71. The van der Waals surface area contributed by atoms with Crippen molar-refractivity contribution in [1.29, 1.82) is 0 Å². The van der Waals surface area contributed by atoms with Crippen molar-refractivity contribution in [1.82, 2.24) is 15.2 Å². The van der Waals surface area contributed by atoms with Gasteiger partial charge in [-0.05, 0) is 42.0 Å². The summed E-state index contributed by atoms with van der Waals surface area (Å²) in [4.78, 5) is 12.1. The number of hydrogen-bond donors (Lipinski definition) is 2. The van der Waals surface area contributed by atoms with Crippen LogP contribution in [0, 0.1) is 0 Å². The minimum absolute atomic E-state index is 0.0741. The molecule has 0 aliphatic rings. The summed E-state index contributed by atoms with van der Waals surface area (Å²) in [6.45, 7) is 0.565. The van der Waals surface area contributed by atoms with E-state index in [0.29, 0.717) is 12.1 Å². The Morgan fingerprint density at radius 1 is 1.15 bits per heavy atom. The third kappa shape index (κ3) is 4.80. The largest absolute Gasteiger partial charge is 0.507 e. The number of carbonyl (C=O) groups is 1. The second-order valence-electron chi connectivity index (χ2n) is 5.43. The van der Waals surface area contributed by atoms with Crippen LogP contribution in [-0.4, -0.2) is 27.0 Å². The van der Waals surface area contributed by atoms with Crippen molar-refractivity contribution in [3.05, 3.63) is 80.5 Å². The van der Waals surface area contributed by atoms with Gasteiger partial charge in [0.15, 0.2) is 5.69 Å². The summed E-state index contributed by atoms with van der Waals surface area (Å²) in [6.07, 6.45) is 3.11. The van der Waals surface area contributed by atoms with Crippen LogP contribution in [0.1, 0.15) is 21.6 Å². The Morgan fingerprint density at radius 2 is 1.88 bits per heavy atom. The minimum Gasteiger partial charge on any atom is -0.507 e. The Hall–Kier alpha value is -2.45. The number of phenolic OH excluding ortho intramolecular Hbond substituents is 1. The summed E-state index contributed by atoms with van der Waals surface area (Å²) in [5.41, 5.74) is 4.22. The van der Waals surface area contributed by atoms with E-state index in [4.69, 9.17) is 0 Å². The molecular weight excluding hydrogens is 464 g/mol. The number of aromatic hydroxyl groups is 1. The van der Waals surface area contributed by atoms with Crippen LogP contribution in [0.25, 0.3) is 0 Å². The molecule has 8 heteroatoms. The molecule has 3 rings (SSSR count). The Labute approximate surface area is 166 Å². The molecular formula is C18H14Br2N4O2. The van der Waals surface area contributed by atoms with Crippen LogP contribution in [0.5, 0.6) is 5.75 Å². The Balaban J connectivity index is 1.62. The second kappa shape index (κ2) is 8.29. The van der Waals surface area contributed by atoms with Gasteiger partial charge in [-0.1, -0.05) is 44.0 Å². The highest BCUT2D eigenvalue weighted by Crippen LogP contribution is 2.19. The zero-order chi connectivity index (χ0) is 18.5. The lowest BCUT2D eigenvalue weighted by Crippen LogP contribution is -2.18. The molecule has 0 fully saturated rings. The zero-order valence-corrected chi connectivity index (χ0v) is 16.6. The lowest BCUT2D eigenvalue weighted by atomic mass is 10.2. The van der Waals surface area contributed by atoms with Crippen molar-refractivity contribution < 1.29 is 9.90 Å². The maximum absolute atomic E-state index is 12.1. The number of halogens is 2. The predicted octanol–water partition coefficient (Wildman–Crippen LogP) is 3.93. The third-order valence-electron chi connectivity index (χ3n) is 3.49. The number of nitrogens with one attached hydrogen (secondary N) is 1. The smallest absolute Gasteiger partial charge is 0.291 e. The van der Waals surface area contributed by atoms with Crippen molar-refractivity contribution in [2.45, 2.75) is 6.54 Å². The Kier molecular flexibility index (Phi) is 5.85.